The van der Waals surface area contributed by atoms with E-state index in [9.17, 15) is 14.4 Å². The van der Waals surface area contributed by atoms with Crippen LogP contribution in [0.1, 0.15) is 44.6 Å². The number of nitrogens with two attached hydrogens (primary N) is 1. The molecule has 0 aliphatic carbocycles. The quantitative estimate of drug-likeness (QED) is 0.506. The average molecular weight is 320 g/mol. The van der Waals surface area contributed by atoms with E-state index in [2.05, 4.69) is 5.32 Å². The second-order valence-corrected chi connectivity index (χ2v) is 5.34. The Hall–Kier alpha value is -2.37. The zero-order chi connectivity index (χ0) is 17.1. The maximum Gasteiger partial charge on any atom is 0.329 e. The number of unbranched alkanes of at least 4 members (excludes halogenated alkanes) is 2. The fourth-order valence-electron chi connectivity index (χ4n) is 2.03. The minimum Gasteiger partial charge on any atom is -0.459 e. The molecular weight excluding hydrogens is 296 g/mol. The van der Waals surface area contributed by atoms with Gasteiger partial charge >= 0.3 is 5.97 Å². The van der Waals surface area contributed by atoms with E-state index in [1.807, 2.05) is 37.3 Å². The molecule has 1 rings (SSSR count). The topological polar surface area (TPSA) is 98.5 Å². The Morgan fingerprint density at radius 1 is 1.17 bits per heavy atom. The minimum atomic E-state index is -1.04. The van der Waals surface area contributed by atoms with E-state index in [1.165, 1.54) is 0 Å². The molecule has 0 heterocycles. The molecule has 0 saturated carbocycles. The molecule has 0 aliphatic heterocycles. The largest absolute Gasteiger partial charge is 0.459 e. The van der Waals surface area contributed by atoms with Crippen LogP contribution in [0.5, 0.6) is 0 Å². The molecule has 0 saturated heterocycles. The van der Waals surface area contributed by atoms with E-state index < -0.39 is 17.9 Å². The lowest BCUT2D eigenvalue weighted by atomic mass is 10.1. The maximum absolute atomic E-state index is 12.1. The van der Waals surface area contributed by atoms with Crippen molar-refractivity contribution in [3.05, 3.63) is 35.9 Å². The number of benzene rings is 1. The van der Waals surface area contributed by atoms with Crippen LogP contribution < -0.4 is 11.1 Å². The highest BCUT2D eigenvalue weighted by atomic mass is 16.5. The number of amides is 2. The molecule has 1 aromatic carbocycles. The summed E-state index contributed by atoms with van der Waals surface area (Å²) in [4.78, 5) is 35.0. The number of hydrogen-bond donors (Lipinski definition) is 2. The van der Waals surface area contributed by atoms with Crippen LogP contribution in [-0.2, 0) is 25.7 Å². The average Bonchev–Trinajstić information content (AvgIpc) is 2.53. The highest BCUT2D eigenvalue weighted by Crippen LogP contribution is 2.05. The van der Waals surface area contributed by atoms with E-state index in [0.717, 1.165) is 24.8 Å². The first-order valence-electron chi connectivity index (χ1n) is 7.81. The van der Waals surface area contributed by atoms with Gasteiger partial charge in [-0.1, -0.05) is 50.1 Å². The van der Waals surface area contributed by atoms with E-state index in [-0.39, 0.29) is 18.9 Å². The van der Waals surface area contributed by atoms with Gasteiger partial charge in [-0.3, -0.25) is 9.59 Å². The lowest BCUT2D eigenvalue weighted by molar-refractivity contribution is -0.150. The molecule has 0 fully saturated rings. The predicted octanol–water partition coefficient (Wildman–Crippen LogP) is 1.67. The Balaban J connectivity index is 2.52. The van der Waals surface area contributed by atoms with Crippen molar-refractivity contribution >= 4 is 17.8 Å². The Kier molecular flexibility index (Phi) is 8.42. The van der Waals surface area contributed by atoms with Crippen LogP contribution in [0.25, 0.3) is 0 Å². The van der Waals surface area contributed by atoms with Crippen molar-refractivity contribution in [1.82, 2.24) is 5.32 Å². The molecule has 1 atom stereocenters. The van der Waals surface area contributed by atoms with Crippen molar-refractivity contribution in [3.8, 4) is 0 Å². The van der Waals surface area contributed by atoms with Gasteiger partial charge in [0, 0.05) is 6.42 Å². The smallest absolute Gasteiger partial charge is 0.329 e. The Morgan fingerprint density at radius 3 is 2.48 bits per heavy atom. The van der Waals surface area contributed by atoms with Crippen LogP contribution in [0, 0.1) is 0 Å². The third kappa shape index (κ3) is 7.99. The first-order chi connectivity index (χ1) is 11.0. The standard InChI is InChI=1S/C17H24N2O4/c1-2-3-5-10-16(21)19-14(11-15(18)20)17(22)23-12-13-8-6-4-7-9-13/h4,6-9,14H,2-3,5,10-12H2,1H3,(H2,18,20)(H,19,21)/t14-/m0/s1. The monoisotopic (exact) mass is 320 g/mol. The van der Waals surface area contributed by atoms with Gasteiger partial charge in [0.25, 0.3) is 0 Å². The molecule has 6 heteroatoms. The number of carbonyl (C=O) groups excluding carboxylic acids is 3. The van der Waals surface area contributed by atoms with Gasteiger partial charge in [-0.15, -0.1) is 0 Å². The molecule has 0 aromatic heterocycles. The van der Waals surface area contributed by atoms with Crippen LogP contribution in [0.15, 0.2) is 30.3 Å². The summed E-state index contributed by atoms with van der Waals surface area (Å²) in [5.74, 6) is -1.60. The second-order valence-electron chi connectivity index (χ2n) is 5.34. The molecule has 0 bridgehead atoms. The SMILES string of the molecule is CCCCCC(=O)N[C@@H](CC(N)=O)C(=O)OCc1ccccc1. The fourth-order valence-corrected chi connectivity index (χ4v) is 2.03. The summed E-state index contributed by atoms with van der Waals surface area (Å²) in [6.07, 6.45) is 2.72. The zero-order valence-electron chi connectivity index (χ0n) is 13.4. The normalized spacial score (nSPS) is 11.5. The molecule has 0 spiro atoms. The molecule has 0 radical (unpaired) electrons. The molecule has 3 N–H and O–H groups in total. The summed E-state index contributed by atoms with van der Waals surface area (Å²) in [5.41, 5.74) is 5.96. The van der Waals surface area contributed by atoms with Crippen molar-refractivity contribution in [2.24, 2.45) is 5.73 Å². The van der Waals surface area contributed by atoms with Crippen molar-refractivity contribution in [2.45, 2.75) is 51.7 Å². The number of esters is 1. The number of primary amides is 1. The van der Waals surface area contributed by atoms with E-state index in [1.54, 1.807) is 0 Å². The van der Waals surface area contributed by atoms with Gasteiger partial charge in [-0.25, -0.2) is 4.79 Å². The highest BCUT2D eigenvalue weighted by Gasteiger charge is 2.24. The van der Waals surface area contributed by atoms with E-state index in [0.29, 0.717) is 6.42 Å². The van der Waals surface area contributed by atoms with Crippen molar-refractivity contribution in [2.75, 3.05) is 0 Å². The van der Waals surface area contributed by atoms with Crippen LogP contribution in [0.4, 0.5) is 0 Å². The number of rotatable bonds is 10. The minimum absolute atomic E-state index is 0.0840. The number of ether oxygens (including phenoxy) is 1. The third-order valence-corrected chi connectivity index (χ3v) is 3.26. The van der Waals surface area contributed by atoms with Gasteiger partial charge in [0.2, 0.25) is 11.8 Å². The number of hydrogen-bond acceptors (Lipinski definition) is 4. The van der Waals surface area contributed by atoms with Gasteiger partial charge in [0.1, 0.15) is 12.6 Å². The van der Waals surface area contributed by atoms with Crippen LogP contribution in [-0.4, -0.2) is 23.8 Å². The number of nitrogens with one attached hydrogen (secondary N) is 1. The van der Waals surface area contributed by atoms with Gasteiger partial charge in [-0.05, 0) is 12.0 Å². The summed E-state index contributed by atoms with van der Waals surface area (Å²) < 4.78 is 5.16. The van der Waals surface area contributed by atoms with Crippen LogP contribution in [0.2, 0.25) is 0 Å². The van der Waals surface area contributed by atoms with Gasteiger partial charge < -0.3 is 15.8 Å². The zero-order valence-corrected chi connectivity index (χ0v) is 13.4. The van der Waals surface area contributed by atoms with Gasteiger partial charge in [-0.2, -0.15) is 0 Å². The van der Waals surface area contributed by atoms with E-state index >= 15 is 0 Å². The fraction of sp³-hybridized carbons (Fsp3) is 0.471. The Bertz CT molecular complexity index is 517. The lowest BCUT2D eigenvalue weighted by Crippen LogP contribution is -2.44. The molecule has 0 aliphatic rings. The van der Waals surface area contributed by atoms with Crippen molar-refractivity contribution in [1.29, 1.82) is 0 Å². The Labute approximate surface area is 136 Å². The first kappa shape index (κ1) is 18.7. The van der Waals surface area contributed by atoms with Gasteiger partial charge in [0.05, 0.1) is 6.42 Å². The van der Waals surface area contributed by atoms with Gasteiger partial charge in [0.15, 0.2) is 0 Å². The highest BCUT2D eigenvalue weighted by molar-refractivity contribution is 5.88. The second kappa shape index (κ2) is 10.4. The van der Waals surface area contributed by atoms with Crippen LogP contribution in [0.3, 0.4) is 0 Å². The van der Waals surface area contributed by atoms with Crippen molar-refractivity contribution < 1.29 is 19.1 Å². The summed E-state index contributed by atoms with van der Waals surface area (Å²) in [7, 11) is 0. The third-order valence-electron chi connectivity index (χ3n) is 3.26. The van der Waals surface area contributed by atoms with Crippen LogP contribution >= 0.6 is 0 Å². The molecule has 0 unspecified atom stereocenters. The predicted molar refractivity (Wildman–Crippen MR) is 86.1 cm³/mol. The first-order valence-corrected chi connectivity index (χ1v) is 7.81. The molecule has 6 nitrogen and oxygen atoms in total. The molecule has 126 valence electrons. The number of carbonyl (C=O) groups is 3. The van der Waals surface area contributed by atoms with E-state index in [4.69, 9.17) is 10.5 Å². The summed E-state index contributed by atoms with van der Waals surface area (Å²) >= 11 is 0. The molecular formula is C17H24N2O4. The summed E-state index contributed by atoms with van der Waals surface area (Å²) in [6.45, 7) is 2.12. The summed E-state index contributed by atoms with van der Waals surface area (Å²) in [6, 6.07) is 8.13. The summed E-state index contributed by atoms with van der Waals surface area (Å²) in [5, 5.41) is 2.53. The Morgan fingerprint density at radius 2 is 1.87 bits per heavy atom. The molecule has 1 aromatic rings. The molecule has 23 heavy (non-hydrogen) atoms. The maximum atomic E-state index is 12.1. The van der Waals surface area contributed by atoms with Crippen molar-refractivity contribution in [3.63, 3.8) is 0 Å². The lowest BCUT2D eigenvalue weighted by Gasteiger charge is -2.16. The molecule has 2 amide bonds.